The molecule has 1 heterocycles. The van der Waals surface area contributed by atoms with Gasteiger partial charge in [0.05, 0.1) is 18.6 Å². The predicted octanol–water partition coefficient (Wildman–Crippen LogP) is 3.89. The smallest absolute Gasteiger partial charge is 0.255 e. The van der Waals surface area contributed by atoms with Crippen molar-refractivity contribution in [2.24, 2.45) is 0 Å². The number of carbonyl (C=O) groups is 1. The summed E-state index contributed by atoms with van der Waals surface area (Å²) in [7, 11) is 0. The average molecular weight is 335 g/mol. The van der Waals surface area contributed by atoms with Crippen molar-refractivity contribution in [3.05, 3.63) is 77.9 Å². The van der Waals surface area contributed by atoms with E-state index in [0.29, 0.717) is 23.6 Å². The molecule has 3 aromatic rings. The highest BCUT2D eigenvalue weighted by atomic mass is 16.5. The SMILES string of the molecule is CCOc1cc(C)ccc1NC(=O)c1ccc(Cn2ccnc2)cc1. The summed E-state index contributed by atoms with van der Waals surface area (Å²) in [6.45, 7) is 5.20. The molecule has 0 aliphatic heterocycles. The topological polar surface area (TPSA) is 56.1 Å². The second-order valence-electron chi connectivity index (χ2n) is 5.82. The van der Waals surface area contributed by atoms with Gasteiger partial charge in [-0.15, -0.1) is 0 Å². The van der Waals surface area contributed by atoms with Crippen LogP contribution in [0.4, 0.5) is 5.69 Å². The number of carbonyl (C=O) groups excluding carboxylic acids is 1. The van der Waals surface area contributed by atoms with Crippen LogP contribution in [0.3, 0.4) is 0 Å². The van der Waals surface area contributed by atoms with E-state index in [1.807, 2.05) is 67.1 Å². The molecule has 0 aliphatic carbocycles. The summed E-state index contributed by atoms with van der Waals surface area (Å²) in [6.07, 6.45) is 5.43. The van der Waals surface area contributed by atoms with Gasteiger partial charge in [-0.05, 0) is 49.2 Å². The van der Waals surface area contributed by atoms with E-state index in [1.54, 1.807) is 12.5 Å². The lowest BCUT2D eigenvalue weighted by Crippen LogP contribution is -2.13. The van der Waals surface area contributed by atoms with Crippen LogP contribution in [0.1, 0.15) is 28.4 Å². The van der Waals surface area contributed by atoms with Crippen LogP contribution in [-0.4, -0.2) is 22.1 Å². The number of amides is 1. The van der Waals surface area contributed by atoms with Crippen LogP contribution in [-0.2, 0) is 6.54 Å². The van der Waals surface area contributed by atoms with Gasteiger partial charge in [0, 0.05) is 24.5 Å². The van der Waals surface area contributed by atoms with Crippen molar-refractivity contribution in [1.29, 1.82) is 0 Å². The van der Waals surface area contributed by atoms with Crippen molar-refractivity contribution < 1.29 is 9.53 Å². The van der Waals surface area contributed by atoms with Crippen LogP contribution in [0.2, 0.25) is 0 Å². The molecule has 2 aromatic carbocycles. The minimum absolute atomic E-state index is 0.154. The lowest BCUT2D eigenvalue weighted by molar-refractivity contribution is 0.102. The van der Waals surface area contributed by atoms with Gasteiger partial charge in [-0.1, -0.05) is 18.2 Å². The number of nitrogens with zero attached hydrogens (tertiary/aromatic N) is 2. The van der Waals surface area contributed by atoms with Gasteiger partial charge in [0.1, 0.15) is 5.75 Å². The number of aromatic nitrogens is 2. The molecule has 25 heavy (non-hydrogen) atoms. The van der Waals surface area contributed by atoms with Crippen LogP contribution in [0, 0.1) is 6.92 Å². The van der Waals surface area contributed by atoms with Gasteiger partial charge in [0.2, 0.25) is 0 Å². The lowest BCUT2D eigenvalue weighted by Gasteiger charge is -2.12. The molecule has 1 N–H and O–H groups in total. The summed E-state index contributed by atoms with van der Waals surface area (Å²) in [5.41, 5.74) is 3.49. The predicted molar refractivity (Wildman–Crippen MR) is 98.1 cm³/mol. The van der Waals surface area contributed by atoms with Crippen LogP contribution in [0.25, 0.3) is 0 Å². The second kappa shape index (κ2) is 7.66. The molecule has 0 unspecified atom stereocenters. The summed E-state index contributed by atoms with van der Waals surface area (Å²) >= 11 is 0. The number of nitrogens with one attached hydrogen (secondary N) is 1. The Morgan fingerprint density at radius 2 is 2.00 bits per heavy atom. The third kappa shape index (κ3) is 4.26. The van der Waals surface area contributed by atoms with E-state index in [0.717, 1.165) is 17.7 Å². The van der Waals surface area contributed by atoms with Gasteiger partial charge >= 0.3 is 0 Å². The molecule has 1 aromatic heterocycles. The highest BCUT2D eigenvalue weighted by Crippen LogP contribution is 2.26. The first-order valence-corrected chi connectivity index (χ1v) is 8.25. The number of anilines is 1. The van der Waals surface area contributed by atoms with Crippen LogP contribution in [0.5, 0.6) is 5.75 Å². The normalized spacial score (nSPS) is 10.5. The summed E-state index contributed by atoms with van der Waals surface area (Å²) in [6, 6.07) is 13.3. The van der Waals surface area contributed by atoms with Crippen molar-refractivity contribution in [2.45, 2.75) is 20.4 Å². The fourth-order valence-electron chi connectivity index (χ4n) is 2.55. The number of rotatable bonds is 6. The van der Waals surface area contributed by atoms with Gasteiger partial charge in [0.25, 0.3) is 5.91 Å². The number of imidazole rings is 1. The summed E-state index contributed by atoms with van der Waals surface area (Å²) in [5, 5.41) is 2.92. The number of hydrogen-bond acceptors (Lipinski definition) is 3. The first-order chi connectivity index (χ1) is 12.2. The fraction of sp³-hybridized carbons (Fsp3) is 0.200. The highest BCUT2D eigenvalue weighted by molar-refractivity contribution is 6.05. The monoisotopic (exact) mass is 335 g/mol. The number of ether oxygens (including phenoxy) is 1. The van der Waals surface area contributed by atoms with Crippen molar-refractivity contribution in [3.63, 3.8) is 0 Å². The molecule has 0 atom stereocenters. The molecule has 0 fully saturated rings. The van der Waals surface area contributed by atoms with Gasteiger partial charge < -0.3 is 14.6 Å². The Labute approximate surface area is 147 Å². The Morgan fingerprint density at radius 1 is 1.20 bits per heavy atom. The first-order valence-electron chi connectivity index (χ1n) is 8.25. The molecular weight excluding hydrogens is 314 g/mol. The molecule has 5 heteroatoms. The molecule has 0 aliphatic rings. The number of benzene rings is 2. The molecule has 128 valence electrons. The average Bonchev–Trinajstić information content (AvgIpc) is 3.11. The Bertz CT molecular complexity index is 840. The van der Waals surface area contributed by atoms with Gasteiger partial charge in [-0.25, -0.2) is 4.98 Å². The van der Waals surface area contributed by atoms with E-state index >= 15 is 0 Å². The summed E-state index contributed by atoms with van der Waals surface area (Å²) in [4.78, 5) is 16.5. The molecule has 0 bridgehead atoms. The van der Waals surface area contributed by atoms with E-state index < -0.39 is 0 Å². The molecule has 0 radical (unpaired) electrons. The summed E-state index contributed by atoms with van der Waals surface area (Å²) in [5.74, 6) is 0.534. The maximum atomic E-state index is 12.5. The zero-order valence-electron chi connectivity index (χ0n) is 14.4. The standard InChI is InChI=1S/C20H21N3O2/c1-3-25-19-12-15(2)4-9-18(19)22-20(24)17-7-5-16(6-8-17)13-23-11-10-21-14-23/h4-12,14H,3,13H2,1-2H3,(H,22,24). The third-order valence-electron chi connectivity index (χ3n) is 3.83. The Balaban J connectivity index is 1.71. The van der Waals surface area contributed by atoms with Crippen LogP contribution < -0.4 is 10.1 Å². The fourth-order valence-corrected chi connectivity index (χ4v) is 2.55. The molecule has 0 saturated carbocycles. The Hall–Kier alpha value is -3.08. The van der Waals surface area contributed by atoms with E-state index in [4.69, 9.17) is 4.74 Å². The van der Waals surface area contributed by atoms with Crippen LogP contribution >= 0.6 is 0 Å². The molecule has 0 spiro atoms. The maximum Gasteiger partial charge on any atom is 0.255 e. The minimum Gasteiger partial charge on any atom is -0.492 e. The van der Waals surface area contributed by atoms with Crippen molar-refractivity contribution in [1.82, 2.24) is 9.55 Å². The van der Waals surface area contributed by atoms with E-state index in [1.165, 1.54) is 0 Å². The first kappa shape index (κ1) is 16.8. The Kier molecular flexibility index (Phi) is 5.14. The quantitative estimate of drug-likeness (QED) is 0.743. The number of aryl methyl sites for hydroxylation is 1. The zero-order valence-corrected chi connectivity index (χ0v) is 14.4. The third-order valence-corrected chi connectivity index (χ3v) is 3.83. The zero-order chi connectivity index (χ0) is 17.6. The lowest BCUT2D eigenvalue weighted by atomic mass is 10.1. The van der Waals surface area contributed by atoms with Gasteiger partial charge in [-0.3, -0.25) is 4.79 Å². The molecular formula is C20H21N3O2. The van der Waals surface area contributed by atoms with E-state index in [-0.39, 0.29) is 5.91 Å². The molecule has 5 nitrogen and oxygen atoms in total. The molecule has 0 saturated heterocycles. The molecule has 1 amide bonds. The van der Waals surface area contributed by atoms with Crippen LogP contribution in [0.15, 0.2) is 61.2 Å². The number of hydrogen-bond donors (Lipinski definition) is 1. The van der Waals surface area contributed by atoms with Crippen molar-refractivity contribution in [2.75, 3.05) is 11.9 Å². The minimum atomic E-state index is -0.154. The second-order valence-corrected chi connectivity index (χ2v) is 5.82. The highest BCUT2D eigenvalue weighted by Gasteiger charge is 2.10. The van der Waals surface area contributed by atoms with E-state index in [2.05, 4.69) is 10.3 Å². The maximum absolute atomic E-state index is 12.5. The summed E-state index contributed by atoms with van der Waals surface area (Å²) < 4.78 is 7.59. The largest absolute Gasteiger partial charge is 0.492 e. The van der Waals surface area contributed by atoms with E-state index in [9.17, 15) is 4.79 Å². The van der Waals surface area contributed by atoms with Crippen molar-refractivity contribution in [3.8, 4) is 5.75 Å². The van der Waals surface area contributed by atoms with Gasteiger partial charge in [0.15, 0.2) is 0 Å². The molecule has 3 rings (SSSR count). The van der Waals surface area contributed by atoms with Crippen molar-refractivity contribution >= 4 is 11.6 Å². The Morgan fingerprint density at radius 3 is 2.68 bits per heavy atom. The van der Waals surface area contributed by atoms with Gasteiger partial charge in [-0.2, -0.15) is 0 Å².